The Balaban J connectivity index is 4.95. The number of rotatable bonds is 6. The maximum Gasteiger partial charge on any atom is 0.453 e. The molecule has 16 heavy (non-hydrogen) atoms. The highest BCUT2D eigenvalue weighted by molar-refractivity contribution is 7.55. The van der Waals surface area contributed by atoms with E-state index in [0.717, 1.165) is 0 Å². The van der Waals surface area contributed by atoms with E-state index < -0.39 is 25.5 Å². The molecule has 0 radical (unpaired) electrons. The van der Waals surface area contributed by atoms with Crippen molar-refractivity contribution in [2.75, 3.05) is 13.2 Å². The fraction of sp³-hybridized carbons (Fsp3) is 0.857. The summed E-state index contributed by atoms with van der Waals surface area (Å²) in [4.78, 5) is 10.5. The maximum atomic E-state index is 13.1. The van der Waals surface area contributed by atoms with Crippen LogP contribution in [0.15, 0.2) is 0 Å². The van der Waals surface area contributed by atoms with Gasteiger partial charge >= 0.3 is 13.8 Å². The molecule has 0 aliphatic heterocycles. The van der Waals surface area contributed by atoms with Crippen LogP contribution >= 0.6 is 7.60 Å². The third-order valence-corrected chi connectivity index (χ3v) is 3.42. The zero-order chi connectivity index (χ0) is 13.0. The number of hydrogen-bond donors (Lipinski definition) is 0. The molecule has 0 fully saturated rings. The number of carbonyl (C=O) groups excluding carboxylic acids is 1. The molecule has 0 aromatic carbocycles. The quantitative estimate of drug-likeness (QED) is 0.548. The number of hydrogen-bond acceptors (Lipinski definition) is 4. The molecule has 0 saturated heterocycles. The SMILES string of the molecule is CCOP(=O)(OCC)C(F)C(=O)C(F)(F)F. The largest absolute Gasteiger partial charge is 0.453 e. The van der Waals surface area contributed by atoms with Gasteiger partial charge in [0.15, 0.2) is 0 Å². The zero-order valence-electron chi connectivity index (χ0n) is 8.58. The average molecular weight is 266 g/mol. The molecule has 0 saturated carbocycles. The third-order valence-electron chi connectivity index (χ3n) is 1.39. The number of Topliss-reactive ketones (excluding diaryl/α,β-unsaturated/α-hetero) is 1. The van der Waals surface area contributed by atoms with Crippen LogP contribution in [0.25, 0.3) is 0 Å². The lowest BCUT2D eigenvalue weighted by Gasteiger charge is -2.20. The van der Waals surface area contributed by atoms with E-state index in [-0.39, 0.29) is 13.2 Å². The Kier molecular flexibility index (Phi) is 5.58. The molecule has 0 bridgehead atoms. The first-order valence-corrected chi connectivity index (χ1v) is 5.94. The summed E-state index contributed by atoms with van der Waals surface area (Å²) >= 11 is 0. The number of ketones is 1. The molecular weight excluding hydrogens is 255 g/mol. The van der Waals surface area contributed by atoms with E-state index in [1.54, 1.807) is 0 Å². The molecule has 0 aliphatic rings. The van der Waals surface area contributed by atoms with E-state index in [4.69, 9.17) is 0 Å². The topological polar surface area (TPSA) is 52.6 Å². The van der Waals surface area contributed by atoms with E-state index in [1.807, 2.05) is 0 Å². The fourth-order valence-corrected chi connectivity index (χ4v) is 2.30. The summed E-state index contributed by atoms with van der Waals surface area (Å²) in [6, 6.07) is 0. The highest BCUT2D eigenvalue weighted by atomic mass is 31.2. The summed E-state index contributed by atoms with van der Waals surface area (Å²) in [5.41, 5.74) is 0. The Morgan fingerprint density at radius 2 is 1.62 bits per heavy atom. The van der Waals surface area contributed by atoms with Crippen LogP contribution < -0.4 is 0 Å². The summed E-state index contributed by atoms with van der Waals surface area (Å²) in [7, 11) is -4.70. The minimum Gasteiger partial charge on any atom is -0.307 e. The molecule has 4 nitrogen and oxygen atoms in total. The number of carbonyl (C=O) groups is 1. The molecule has 0 rings (SSSR count). The second-order valence-corrected chi connectivity index (χ2v) is 4.62. The van der Waals surface area contributed by atoms with Crippen LogP contribution in [0.4, 0.5) is 17.6 Å². The van der Waals surface area contributed by atoms with E-state index in [0.29, 0.717) is 0 Å². The number of alkyl halides is 4. The van der Waals surface area contributed by atoms with Crippen LogP contribution in [-0.4, -0.2) is 31.1 Å². The molecule has 1 unspecified atom stereocenters. The summed E-state index contributed by atoms with van der Waals surface area (Å²) < 4.78 is 68.8. The van der Waals surface area contributed by atoms with Gasteiger partial charge in [0.1, 0.15) is 0 Å². The third kappa shape index (κ3) is 3.84. The lowest BCUT2D eigenvalue weighted by molar-refractivity contribution is -0.174. The Morgan fingerprint density at radius 1 is 1.25 bits per heavy atom. The van der Waals surface area contributed by atoms with Crippen molar-refractivity contribution < 1.29 is 36.0 Å². The Labute approximate surface area is 89.4 Å². The lowest BCUT2D eigenvalue weighted by atomic mass is 10.4. The van der Waals surface area contributed by atoms with Crippen LogP contribution in [0.5, 0.6) is 0 Å². The van der Waals surface area contributed by atoms with Gasteiger partial charge in [0.2, 0.25) is 0 Å². The molecule has 0 aliphatic carbocycles. The summed E-state index contributed by atoms with van der Waals surface area (Å²) in [5.74, 6) is -6.11. The van der Waals surface area contributed by atoms with Gasteiger partial charge in [0, 0.05) is 0 Å². The Bertz CT molecular complexity index is 281. The monoisotopic (exact) mass is 266 g/mol. The van der Waals surface area contributed by atoms with Crippen molar-refractivity contribution in [3.8, 4) is 0 Å². The Hall–Kier alpha value is -0.460. The smallest absolute Gasteiger partial charge is 0.307 e. The van der Waals surface area contributed by atoms with E-state index in [2.05, 4.69) is 9.05 Å². The number of halogens is 4. The van der Waals surface area contributed by atoms with Crippen molar-refractivity contribution >= 4 is 13.4 Å². The second kappa shape index (κ2) is 5.75. The van der Waals surface area contributed by atoms with Gasteiger partial charge in [-0.15, -0.1) is 0 Å². The predicted molar refractivity (Wildman–Crippen MR) is 46.8 cm³/mol. The second-order valence-electron chi connectivity index (χ2n) is 2.57. The van der Waals surface area contributed by atoms with E-state index in [9.17, 15) is 26.9 Å². The average Bonchev–Trinajstić information content (AvgIpc) is 2.14. The van der Waals surface area contributed by atoms with Gasteiger partial charge in [-0.2, -0.15) is 13.2 Å². The minimum absolute atomic E-state index is 0.331. The van der Waals surface area contributed by atoms with Crippen LogP contribution in [0.3, 0.4) is 0 Å². The molecule has 0 N–H and O–H groups in total. The van der Waals surface area contributed by atoms with Crippen LogP contribution in [0, 0.1) is 0 Å². The van der Waals surface area contributed by atoms with Gasteiger partial charge in [0.05, 0.1) is 13.2 Å². The first kappa shape index (κ1) is 15.5. The van der Waals surface area contributed by atoms with Crippen LogP contribution in [-0.2, 0) is 18.4 Å². The first-order chi connectivity index (χ1) is 7.19. The predicted octanol–water partition coefficient (Wildman–Crippen LogP) is 2.68. The molecule has 1 atom stereocenters. The summed E-state index contributed by atoms with van der Waals surface area (Å²) in [6.07, 6.45) is -5.41. The molecule has 96 valence electrons. The lowest BCUT2D eigenvalue weighted by Crippen LogP contribution is -2.32. The van der Waals surface area contributed by atoms with Crippen molar-refractivity contribution in [2.24, 2.45) is 0 Å². The molecule has 0 aromatic heterocycles. The summed E-state index contributed by atoms with van der Waals surface area (Å²) in [5, 5.41) is 0. The molecule has 0 amide bonds. The molecular formula is C7H11F4O4P. The molecule has 0 spiro atoms. The van der Waals surface area contributed by atoms with Crippen molar-refractivity contribution in [3.63, 3.8) is 0 Å². The Morgan fingerprint density at radius 3 is 1.88 bits per heavy atom. The van der Waals surface area contributed by atoms with Gasteiger partial charge < -0.3 is 9.05 Å². The van der Waals surface area contributed by atoms with Crippen molar-refractivity contribution in [2.45, 2.75) is 25.9 Å². The first-order valence-electron chi connectivity index (χ1n) is 4.33. The van der Waals surface area contributed by atoms with Gasteiger partial charge in [-0.05, 0) is 13.8 Å². The molecule has 9 heteroatoms. The minimum atomic E-state index is -5.41. The van der Waals surface area contributed by atoms with Crippen LogP contribution in [0.2, 0.25) is 0 Å². The van der Waals surface area contributed by atoms with Crippen molar-refractivity contribution in [1.82, 2.24) is 0 Å². The van der Waals surface area contributed by atoms with Gasteiger partial charge in [-0.25, -0.2) is 4.39 Å². The normalized spacial score (nSPS) is 14.9. The zero-order valence-corrected chi connectivity index (χ0v) is 9.48. The van der Waals surface area contributed by atoms with Crippen molar-refractivity contribution in [3.05, 3.63) is 0 Å². The highest BCUT2D eigenvalue weighted by Gasteiger charge is 2.53. The van der Waals surface area contributed by atoms with Crippen LogP contribution in [0.1, 0.15) is 13.8 Å². The fourth-order valence-electron chi connectivity index (χ4n) is 0.807. The standard InChI is InChI=1S/C7H11F4O4P/c1-3-14-16(13,15-4-2)6(8)5(12)7(9,10)11/h6H,3-4H2,1-2H3. The van der Waals surface area contributed by atoms with Crippen molar-refractivity contribution in [1.29, 1.82) is 0 Å². The van der Waals surface area contributed by atoms with Gasteiger partial charge in [-0.3, -0.25) is 9.36 Å². The molecule has 0 heterocycles. The van der Waals surface area contributed by atoms with E-state index in [1.165, 1.54) is 13.8 Å². The maximum absolute atomic E-state index is 13.1. The van der Waals surface area contributed by atoms with Gasteiger partial charge in [-0.1, -0.05) is 0 Å². The molecule has 0 aromatic rings. The van der Waals surface area contributed by atoms with Gasteiger partial charge in [0.25, 0.3) is 11.7 Å². The van der Waals surface area contributed by atoms with E-state index >= 15 is 0 Å². The highest BCUT2D eigenvalue weighted by Crippen LogP contribution is 2.55. The summed E-state index contributed by atoms with van der Waals surface area (Å²) in [6.45, 7) is 1.92.